The number of carboxylic acid groups (broad SMARTS) is 2. The van der Waals surface area contributed by atoms with Crippen molar-refractivity contribution in [2.75, 3.05) is 0 Å². The summed E-state index contributed by atoms with van der Waals surface area (Å²) >= 11 is 0. The van der Waals surface area contributed by atoms with Crippen LogP contribution in [0, 0.1) is 0 Å². The molecule has 21 heavy (non-hydrogen) atoms. The molecular formula is C12H9KO7S. The Bertz CT molecular complexity index is 842. The second-order valence-electron chi connectivity index (χ2n) is 4.00. The van der Waals surface area contributed by atoms with E-state index in [1.807, 2.05) is 0 Å². The zero-order chi connectivity index (χ0) is 15.1. The fourth-order valence-corrected chi connectivity index (χ4v) is 2.52. The predicted octanol–water partition coefficient (Wildman–Crippen LogP) is 0.834. The fourth-order valence-electron chi connectivity index (χ4n) is 1.79. The first-order valence-corrected chi connectivity index (χ1v) is 6.66. The summed E-state index contributed by atoms with van der Waals surface area (Å²) in [6, 6.07) is 5.53. The van der Waals surface area contributed by atoms with Crippen LogP contribution in [-0.2, 0) is 10.1 Å². The first-order valence-electron chi connectivity index (χ1n) is 5.22. The topological polar surface area (TPSA) is 129 Å². The Morgan fingerprint density at radius 3 is 1.95 bits per heavy atom. The average molecular weight is 336 g/mol. The van der Waals surface area contributed by atoms with Gasteiger partial charge in [0.2, 0.25) is 0 Å². The third-order valence-electron chi connectivity index (χ3n) is 2.69. The van der Waals surface area contributed by atoms with Crippen molar-refractivity contribution < 1.29 is 32.8 Å². The normalized spacial score (nSPS) is 10.9. The van der Waals surface area contributed by atoms with E-state index >= 15 is 0 Å². The van der Waals surface area contributed by atoms with Crippen LogP contribution in [0.1, 0.15) is 20.7 Å². The van der Waals surface area contributed by atoms with Crippen molar-refractivity contribution in [2.45, 2.75) is 4.90 Å². The minimum atomic E-state index is -4.68. The van der Waals surface area contributed by atoms with E-state index in [1.54, 1.807) is 0 Å². The van der Waals surface area contributed by atoms with Crippen molar-refractivity contribution in [3.05, 3.63) is 41.5 Å². The van der Waals surface area contributed by atoms with Crippen molar-refractivity contribution in [2.24, 2.45) is 0 Å². The minimum absolute atomic E-state index is 0. The third-order valence-corrected chi connectivity index (χ3v) is 3.58. The first-order chi connectivity index (χ1) is 9.20. The van der Waals surface area contributed by atoms with Gasteiger partial charge in [-0.1, -0.05) is 6.07 Å². The average Bonchev–Trinajstić information content (AvgIpc) is 2.35. The Kier molecular flexibility index (Phi) is 5.67. The molecule has 0 aromatic heterocycles. The van der Waals surface area contributed by atoms with E-state index in [1.165, 1.54) is 18.2 Å². The number of carboxylic acids is 2. The summed E-state index contributed by atoms with van der Waals surface area (Å²) in [5.41, 5.74) is -0.501. The van der Waals surface area contributed by atoms with Gasteiger partial charge in [0.25, 0.3) is 10.1 Å². The number of benzene rings is 2. The molecular weight excluding hydrogens is 327 g/mol. The van der Waals surface area contributed by atoms with Crippen LogP contribution in [-0.4, -0.2) is 86.5 Å². The van der Waals surface area contributed by atoms with Gasteiger partial charge in [-0.15, -0.1) is 0 Å². The molecule has 106 valence electrons. The molecule has 9 heteroatoms. The van der Waals surface area contributed by atoms with Gasteiger partial charge in [-0.05, 0) is 29.7 Å². The Morgan fingerprint density at radius 2 is 1.48 bits per heavy atom. The Hall–Kier alpha value is -0.814. The molecule has 2 aromatic carbocycles. The Balaban J connectivity index is 0.00000220. The summed E-state index contributed by atoms with van der Waals surface area (Å²) in [6.07, 6.45) is 0. The molecule has 0 heterocycles. The van der Waals surface area contributed by atoms with E-state index in [9.17, 15) is 18.0 Å². The van der Waals surface area contributed by atoms with Crippen molar-refractivity contribution in [3.8, 4) is 0 Å². The number of carbonyl (C=O) groups is 2. The fraction of sp³-hybridized carbons (Fsp3) is 0. The van der Waals surface area contributed by atoms with Gasteiger partial charge in [0.1, 0.15) is 4.90 Å². The molecule has 0 radical (unpaired) electrons. The van der Waals surface area contributed by atoms with Gasteiger partial charge in [0, 0.05) is 5.39 Å². The number of aromatic carboxylic acids is 2. The van der Waals surface area contributed by atoms with Crippen LogP contribution < -0.4 is 0 Å². The van der Waals surface area contributed by atoms with Crippen molar-refractivity contribution in [3.63, 3.8) is 0 Å². The Labute approximate surface area is 161 Å². The summed E-state index contributed by atoms with van der Waals surface area (Å²) in [5, 5.41) is 17.9. The summed E-state index contributed by atoms with van der Waals surface area (Å²) in [6.45, 7) is 0. The summed E-state index contributed by atoms with van der Waals surface area (Å²) in [7, 11) is -4.68. The molecule has 7 nitrogen and oxygen atoms in total. The SMILES string of the molecule is O=C(O)c1cc(S(=O)(=O)O)c2cc(C(=O)O)ccc2c1.[KH]. The summed E-state index contributed by atoms with van der Waals surface area (Å²) in [5.74, 6) is -2.63. The maximum absolute atomic E-state index is 11.3. The van der Waals surface area contributed by atoms with E-state index in [-0.39, 0.29) is 73.3 Å². The zero-order valence-electron chi connectivity index (χ0n) is 9.77. The van der Waals surface area contributed by atoms with Crippen LogP contribution in [0.5, 0.6) is 0 Å². The molecule has 0 atom stereocenters. The molecule has 2 rings (SSSR count). The quantitative estimate of drug-likeness (QED) is 0.559. The molecule has 0 aliphatic rings. The molecule has 0 spiro atoms. The second kappa shape index (κ2) is 6.52. The first kappa shape index (κ1) is 18.2. The van der Waals surface area contributed by atoms with Gasteiger partial charge in [-0.2, -0.15) is 8.42 Å². The van der Waals surface area contributed by atoms with E-state index in [2.05, 4.69) is 0 Å². The van der Waals surface area contributed by atoms with Gasteiger partial charge in [0.05, 0.1) is 11.1 Å². The number of rotatable bonds is 3. The van der Waals surface area contributed by atoms with Crippen LogP contribution in [0.25, 0.3) is 10.8 Å². The standard InChI is InChI=1S/C12H8O7S.K.H/c13-11(14)7-2-1-6-3-8(12(15)16)5-10(9(6)4-7)20(17,18)19;;/h1-5H,(H,13,14)(H,15,16)(H,17,18,19);;. The van der Waals surface area contributed by atoms with Gasteiger partial charge in [-0.3, -0.25) is 4.55 Å². The van der Waals surface area contributed by atoms with E-state index in [0.29, 0.717) is 0 Å². The molecule has 0 fully saturated rings. The molecule has 0 unspecified atom stereocenters. The summed E-state index contributed by atoms with van der Waals surface area (Å²) < 4.78 is 31.8. The monoisotopic (exact) mass is 336 g/mol. The van der Waals surface area contributed by atoms with Gasteiger partial charge >= 0.3 is 63.3 Å². The van der Waals surface area contributed by atoms with Crippen LogP contribution in [0.2, 0.25) is 0 Å². The van der Waals surface area contributed by atoms with Crippen molar-refractivity contribution in [1.29, 1.82) is 0 Å². The second-order valence-corrected chi connectivity index (χ2v) is 5.39. The molecule has 2 aromatic rings. The van der Waals surface area contributed by atoms with E-state index in [0.717, 1.165) is 12.1 Å². The Morgan fingerprint density at radius 1 is 0.905 bits per heavy atom. The van der Waals surface area contributed by atoms with E-state index in [4.69, 9.17) is 14.8 Å². The predicted molar refractivity (Wildman–Crippen MR) is 74.8 cm³/mol. The number of hydrogen-bond donors (Lipinski definition) is 3. The van der Waals surface area contributed by atoms with E-state index < -0.39 is 27.0 Å². The van der Waals surface area contributed by atoms with Gasteiger partial charge in [-0.25, -0.2) is 9.59 Å². The van der Waals surface area contributed by atoms with Crippen LogP contribution in [0.4, 0.5) is 0 Å². The molecule has 3 N–H and O–H groups in total. The third kappa shape index (κ3) is 3.89. The van der Waals surface area contributed by atoms with Crippen LogP contribution in [0.3, 0.4) is 0 Å². The maximum atomic E-state index is 11.3. The van der Waals surface area contributed by atoms with Gasteiger partial charge in [0.15, 0.2) is 0 Å². The number of fused-ring (bicyclic) bond motifs is 1. The zero-order valence-corrected chi connectivity index (χ0v) is 10.6. The molecule has 0 amide bonds. The molecule has 0 aliphatic heterocycles. The summed E-state index contributed by atoms with van der Waals surface area (Å²) in [4.78, 5) is 21.2. The van der Waals surface area contributed by atoms with Crippen LogP contribution in [0.15, 0.2) is 35.2 Å². The molecule has 0 bridgehead atoms. The van der Waals surface area contributed by atoms with Crippen molar-refractivity contribution in [1.82, 2.24) is 0 Å². The molecule has 0 saturated heterocycles. The van der Waals surface area contributed by atoms with Crippen molar-refractivity contribution >= 4 is 84.2 Å². The van der Waals surface area contributed by atoms with Gasteiger partial charge < -0.3 is 10.2 Å². The number of hydrogen-bond acceptors (Lipinski definition) is 4. The molecule has 0 saturated carbocycles. The molecule has 0 aliphatic carbocycles. The van der Waals surface area contributed by atoms with Crippen LogP contribution >= 0.6 is 0 Å².